The standard InChI is InChI=1S/C6H12FN/c1-5(2)3-6(8)4-7/h6H,1,3-4,8H2,2H3. The lowest BCUT2D eigenvalue weighted by Gasteiger charge is -2.03. The Kier molecular flexibility index (Phi) is 3.44. The quantitative estimate of drug-likeness (QED) is 0.553. The van der Waals surface area contributed by atoms with E-state index in [4.69, 9.17) is 5.73 Å². The van der Waals surface area contributed by atoms with Crippen LogP contribution in [0.3, 0.4) is 0 Å². The van der Waals surface area contributed by atoms with Gasteiger partial charge in [-0.3, -0.25) is 0 Å². The van der Waals surface area contributed by atoms with Crippen LogP contribution in [0.1, 0.15) is 13.3 Å². The van der Waals surface area contributed by atoms with E-state index in [1.807, 2.05) is 6.92 Å². The lowest BCUT2D eigenvalue weighted by atomic mass is 10.1. The molecule has 1 unspecified atom stereocenters. The maximum atomic E-state index is 11.6. The molecule has 0 aromatic carbocycles. The van der Waals surface area contributed by atoms with Gasteiger partial charge < -0.3 is 5.73 Å². The molecule has 0 saturated carbocycles. The van der Waals surface area contributed by atoms with Crippen LogP contribution in [-0.4, -0.2) is 12.7 Å². The van der Waals surface area contributed by atoms with Crippen molar-refractivity contribution in [3.63, 3.8) is 0 Å². The van der Waals surface area contributed by atoms with Gasteiger partial charge in [-0.1, -0.05) is 5.57 Å². The Morgan fingerprint density at radius 3 is 2.50 bits per heavy atom. The van der Waals surface area contributed by atoms with Gasteiger partial charge in [0, 0.05) is 6.04 Å². The van der Waals surface area contributed by atoms with Gasteiger partial charge in [0.1, 0.15) is 6.67 Å². The summed E-state index contributed by atoms with van der Waals surface area (Å²) in [7, 11) is 0. The topological polar surface area (TPSA) is 26.0 Å². The Morgan fingerprint density at radius 2 is 2.38 bits per heavy atom. The molecule has 0 amide bonds. The fourth-order valence-corrected chi connectivity index (χ4v) is 0.502. The molecule has 0 aromatic heterocycles. The first-order chi connectivity index (χ1) is 3.66. The molecule has 1 nitrogen and oxygen atoms in total. The van der Waals surface area contributed by atoms with E-state index in [1.54, 1.807) is 0 Å². The number of hydrogen-bond acceptors (Lipinski definition) is 1. The van der Waals surface area contributed by atoms with E-state index in [2.05, 4.69) is 6.58 Å². The first-order valence-corrected chi connectivity index (χ1v) is 2.62. The second kappa shape index (κ2) is 3.61. The summed E-state index contributed by atoms with van der Waals surface area (Å²) < 4.78 is 11.6. The van der Waals surface area contributed by atoms with Crippen molar-refractivity contribution in [3.8, 4) is 0 Å². The van der Waals surface area contributed by atoms with E-state index in [0.717, 1.165) is 5.57 Å². The molecule has 2 heteroatoms. The third-order valence-corrected chi connectivity index (χ3v) is 0.809. The number of hydrogen-bond donors (Lipinski definition) is 1. The highest BCUT2D eigenvalue weighted by Crippen LogP contribution is 1.98. The van der Waals surface area contributed by atoms with E-state index >= 15 is 0 Å². The van der Waals surface area contributed by atoms with Crippen molar-refractivity contribution in [1.82, 2.24) is 0 Å². The maximum absolute atomic E-state index is 11.6. The molecule has 0 aliphatic rings. The van der Waals surface area contributed by atoms with Crippen LogP contribution in [0.4, 0.5) is 4.39 Å². The summed E-state index contributed by atoms with van der Waals surface area (Å²) in [4.78, 5) is 0. The summed E-state index contributed by atoms with van der Waals surface area (Å²) in [5, 5.41) is 0. The van der Waals surface area contributed by atoms with Crippen LogP contribution in [0.5, 0.6) is 0 Å². The second-order valence-electron chi connectivity index (χ2n) is 2.08. The Labute approximate surface area is 49.4 Å². The van der Waals surface area contributed by atoms with Crippen LogP contribution in [0, 0.1) is 0 Å². The van der Waals surface area contributed by atoms with Crippen molar-refractivity contribution in [1.29, 1.82) is 0 Å². The van der Waals surface area contributed by atoms with Crippen molar-refractivity contribution in [2.75, 3.05) is 6.67 Å². The predicted octanol–water partition coefficient (Wildman–Crippen LogP) is 1.25. The summed E-state index contributed by atoms with van der Waals surface area (Å²) in [5.41, 5.74) is 6.18. The lowest BCUT2D eigenvalue weighted by molar-refractivity contribution is 0.426. The SMILES string of the molecule is C=C(C)CC(N)CF. The van der Waals surface area contributed by atoms with Gasteiger partial charge in [-0.25, -0.2) is 4.39 Å². The summed E-state index contributed by atoms with van der Waals surface area (Å²) in [6, 6.07) is -0.340. The van der Waals surface area contributed by atoms with Crippen molar-refractivity contribution in [2.45, 2.75) is 19.4 Å². The molecule has 0 aromatic rings. The maximum Gasteiger partial charge on any atom is 0.105 e. The fraction of sp³-hybridized carbons (Fsp3) is 0.667. The molecule has 0 aliphatic heterocycles. The molecule has 2 N–H and O–H groups in total. The lowest BCUT2D eigenvalue weighted by Crippen LogP contribution is -2.21. The van der Waals surface area contributed by atoms with Gasteiger partial charge in [-0.05, 0) is 13.3 Å². The molecule has 48 valence electrons. The first-order valence-electron chi connectivity index (χ1n) is 2.62. The van der Waals surface area contributed by atoms with Crippen LogP contribution in [0.2, 0.25) is 0 Å². The van der Waals surface area contributed by atoms with Crippen LogP contribution in [-0.2, 0) is 0 Å². The van der Waals surface area contributed by atoms with Crippen molar-refractivity contribution < 1.29 is 4.39 Å². The average Bonchev–Trinajstić information content (AvgIpc) is 1.65. The molecular weight excluding hydrogens is 105 g/mol. The first kappa shape index (κ1) is 7.63. The summed E-state index contributed by atoms with van der Waals surface area (Å²) in [6.45, 7) is 4.99. The minimum Gasteiger partial charge on any atom is -0.325 e. The van der Waals surface area contributed by atoms with Crippen molar-refractivity contribution in [2.24, 2.45) is 5.73 Å². The van der Waals surface area contributed by atoms with Crippen molar-refractivity contribution >= 4 is 0 Å². The zero-order chi connectivity index (χ0) is 6.57. The molecule has 0 aliphatic carbocycles. The summed E-state index contributed by atoms with van der Waals surface area (Å²) in [6.07, 6.45) is 0.594. The zero-order valence-corrected chi connectivity index (χ0v) is 5.15. The largest absolute Gasteiger partial charge is 0.325 e. The molecule has 0 bridgehead atoms. The number of alkyl halides is 1. The number of halogens is 1. The van der Waals surface area contributed by atoms with Gasteiger partial charge in [-0.15, -0.1) is 6.58 Å². The van der Waals surface area contributed by atoms with Gasteiger partial charge >= 0.3 is 0 Å². The van der Waals surface area contributed by atoms with E-state index in [-0.39, 0.29) is 6.04 Å². The van der Waals surface area contributed by atoms with Crippen LogP contribution in [0.15, 0.2) is 12.2 Å². The molecule has 0 radical (unpaired) electrons. The smallest absolute Gasteiger partial charge is 0.105 e. The normalized spacial score (nSPS) is 13.4. The Bertz CT molecular complexity index is 80.6. The summed E-state index contributed by atoms with van der Waals surface area (Å²) >= 11 is 0. The predicted molar refractivity (Wildman–Crippen MR) is 33.4 cm³/mol. The summed E-state index contributed by atoms with van der Waals surface area (Å²) in [5.74, 6) is 0. The third kappa shape index (κ3) is 3.81. The molecule has 8 heavy (non-hydrogen) atoms. The van der Waals surface area contributed by atoms with E-state index in [9.17, 15) is 4.39 Å². The highest BCUT2D eigenvalue weighted by atomic mass is 19.1. The molecule has 0 rings (SSSR count). The Hall–Kier alpha value is -0.370. The minimum absolute atomic E-state index is 0.340. The molecule has 0 fully saturated rings. The van der Waals surface area contributed by atoms with Gasteiger partial charge in [0.25, 0.3) is 0 Å². The van der Waals surface area contributed by atoms with Crippen molar-refractivity contribution in [3.05, 3.63) is 12.2 Å². The average molecular weight is 117 g/mol. The number of nitrogens with two attached hydrogens (primary N) is 1. The van der Waals surface area contributed by atoms with Gasteiger partial charge in [-0.2, -0.15) is 0 Å². The highest BCUT2D eigenvalue weighted by molar-refractivity contribution is 4.91. The molecule has 0 heterocycles. The molecular formula is C6H12FN. The Balaban J connectivity index is 3.24. The fourth-order valence-electron chi connectivity index (χ4n) is 0.502. The second-order valence-corrected chi connectivity index (χ2v) is 2.08. The third-order valence-electron chi connectivity index (χ3n) is 0.809. The minimum atomic E-state index is -0.452. The van der Waals surface area contributed by atoms with E-state index in [1.165, 1.54) is 0 Å². The van der Waals surface area contributed by atoms with Crippen LogP contribution < -0.4 is 5.73 Å². The highest BCUT2D eigenvalue weighted by Gasteiger charge is 1.98. The van der Waals surface area contributed by atoms with Crippen LogP contribution in [0.25, 0.3) is 0 Å². The van der Waals surface area contributed by atoms with Crippen LogP contribution >= 0.6 is 0 Å². The monoisotopic (exact) mass is 117 g/mol. The molecule has 1 atom stereocenters. The van der Waals surface area contributed by atoms with Gasteiger partial charge in [0.15, 0.2) is 0 Å². The molecule has 0 saturated heterocycles. The number of rotatable bonds is 3. The van der Waals surface area contributed by atoms with E-state index in [0.29, 0.717) is 6.42 Å². The van der Waals surface area contributed by atoms with E-state index < -0.39 is 6.67 Å². The zero-order valence-electron chi connectivity index (χ0n) is 5.15. The Morgan fingerprint density at radius 1 is 1.88 bits per heavy atom. The molecule has 0 spiro atoms. The van der Waals surface area contributed by atoms with Gasteiger partial charge in [0.05, 0.1) is 0 Å². The van der Waals surface area contributed by atoms with Gasteiger partial charge in [0.2, 0.25) is 0 Å².